The monoisotopic (exact) mass is 428 g/mol. The highest BCUT2D eigenvalue weighted by Crippen LogP contribution is 2.47. The first kappa shape index (κ1) is 22.5. The molecule has 0 amide bonds. The van der Waals surface area contributed by atoms with Crippen molar-refractivity contribution < 1.29 is 47.6 Å². The maximum absolute atomic E-state index is 11.8. The molecule has 6 atom stereocenters. The fourth-order valence-electron chi connectivity index (χ4n) is 4.54. The average Bonchev–Trinajstić information content (AvgIpc) is 2.99. The van der Waals surface area contributed by atoms with Gasteiger partial charge in [-0.2, -0.15) is 0 Å². The minimum Gasteiger partial charge on any atom is -0.456 e. The molecule has 0 aromatic rings. The molecule has 0 aromatic carbocycles. The molecule has 3 aliphatic rings. The molecule has 30 heavy (non-hydrogen) atoms. The van der Waals surface area contributed by atoms with Crippen molar-refractivity contribution in [3.05, 3.63) is 0 Å². The van der Waals surface area contributed by atoms with Crippen LogP contribution in [0.25, 0.3) is 0 Å². The van der Waals surface area contributed by atoms with Gasteiger partial charge in [0.1, 0.15) is 12.2 Å². The van der Waals surface area contributed by atoms with Gasteiger partial charge >= 0.3 is 23.9 Å². The van der Waals surface area contributed by atoms with Crippen molar-refractivity contribution in [1.82, 2.24) is 0 Å². The second-order valence-electron chi connectivity index (χ2n) is 7.93. The first-order valence-electron chi connectivity index (χ1n) is 10.2. The van der Waals surface area contributed by atoms with Crippen LogP contribution in [0.5, 0.6) is 0 Å². The van der Waals surface area contributed by atoms with E-state index in [4.69, 9.17) is 28.4 Å². The lowest BCUT2D eigenvalue weighted by molar-refractivity contribution is -0.234. The van der Waals surface area contributed by atoms with Gasteiger partial charge in [-0.15, -0.1) is 0 Å². The van der Waals surface area contributed by atoms with Gasteiger partial charge in [-0.3, -0.25) is 19.2 Å². The highest BCUT2D eigenvalue weighted by atomic mass is 16.8. The lowest BCUT2D eigenvalue weighted by Gasteiger charge is -2.44. The van der Waals surface area contributed by atoms with E-state index in [0.29, 0.717) is 12.8 Å². The largest absolute Gasteiger partial charge is 0.456 e. The minimum atomic E-state index is -1.23. The maximum atomic E-state index is 11.8. The van der Waals surface area contributed by atoms with Gasteiger partial charge in [0.15, 0.2) is 30.2 Å². The van der Waals surface area contributed by atoms with Crippen molar-refractivity contribution in [3.8, 4) is 0 Å². The van der Waals surface area contributed by atoms with E-state index in [0.717, 1.165) is 19.3 Å². The molecule has 0 radical (unpaired) electrons. The van der Waals surface area contributed by atoms with Gasteiger partial charge in [0.25, 0.3) is 0 Å². The molecule has 3 fully saturated rings. The van der Waals surface area contributed by atoms with Gasteiger partial charge in [-0.25, -0.2) is 0 Å². The van der Waals surface area contributed by atoms with Crippen LogP contribution in [0.1, 0.15) is 59.8 Å². The SMILES string of the molecule is CC(=O)OC1C(OC(C)=O)C(OC(C)=O)C2OC3(CCCCC3)OC2C1OC(C)=O. The molecular formula is C20H28O10. The zero-order valence-corrected chi connectivity index (χ0v) is 17.6. The Morgan fingerprint density at radius 1 is 0.600 bits per heavy atom. The molecule has 1 spiro atoms. The Bertz CT molecular complexity index is 646. The van der Waals surface area contributed by atoms with E-state index in [1.807, 2.05) is 0 Å². The van der Waals surface area contributed by atoms with Crippen LogP contribution in [0.3, 0.4) is 0 Å². The highest BCUT2D eigenvalue weighted by molar-refractivity contribution is 5.69. The first-order valence-corrected chi connectivity index (χ1v) is 10.2. The summed E-state index contributed by atoms with van der Waals surface area (Å²) in [5.74, 6) is -3.54. The first-order chi connectivity index (χ1) is 14.1. The standard InChI is InChI=1S/C20H28O10/c1-10(21)25-14-15(26-11(2)22)17(28-13(4)24)19-18(16(14)27-12(3)23)29-20(30-19)8-6-5-7-9-20/h14-19H,5-9H2,1-4H3. The van der Waals surface area contributed by atoms with Gasteiger partial charge in [0.05, 0.1) is 0 Å². The summed E-state index contributed by atoms with van der Waals surface area (Å²) in [5, 5.41) is 0. The molecule has 0 N–H and O–H groups in total. The average molecular weight is 428 g/mol. The molecule has 10 nitrogen and oxygen atoms in total. The molecule has 0 bridgehead atoms. The van der Waals surface area contributed by atoms with Crippen molar-refractivity contribution in [1.29, 1.82) is 0 Å². The van der Waals surface area contributed by atoms with Crippen molar-refractivity contribution in [2.45, 2.75) is 102 Å². The third kappa shape index (κ3) is 4.75. The summed E-state index contributed by atoms with van der Waals surface area (Å²) in [7, 11) is 0. The number of hydrogen-bond donors (Lipinski definition) is 0. The Morgan fingerprint density at radius 2 is 0.933 bits per heavy atom. The van der Waals surface area contributed by atoms with Crippen LogP contribution in [0.2, 0.25) is 0 Å². The number of esters is 4. The summed E-state index contributed by atoms with van der Waals surface area (Å²) in [6, 6.07) is 0. The van der Waals surface area contributed by atoms with Gasteiger partial charge in [0.2, 0.25) is 0 Å². The molecule has 10 heteroatoms. The van der Waals surface area contributed by atoms with E-state index in [9.17, 15) is 19.2 Å². The molecule has 2 aliphatic carbocycles. The number of fused-ring (bicyclic) bond motifs is 1. The molecular weight excluding hydrogens is 400 g/mol. The minimum absolute atomic E-state index is 0.621. The van der Waals surface area contributed by atoms with E-state index in [1.54, 1.807) is 0 Å². The van der Waals surface area contributed by atoms with E-state index in [-0.39, 0.29) is 0 Å². The molecule has 1 saturated heterocycles. The summed E-state index contributed by atoms with van der Waals surface area (Å²) in [5.41, 5.74) is 0. The van der Waals surface area contributed by atoms with Crippen molar-refractivity contribution >= 4 is 23.9 Å². The second kappa shape index (κ2) is 8.89. The quantitative estimate of drug-likeness (QED) is 0.476. The zero-order valence-electron chi connectivity index (χ0n) is 17.6. The number of carbonyl (C=O) groups is 4. The van der Waals surface area contributed by atoms with Gasteiger partial charge < -0.3 is 28.4 Å². The van der Waals surface area contributed by atoms with Crippen molar-refractivity contribution in [3.63, 3.8) is 0 Å². The van der Waals surface area contributed by atoms with Gasteiger partial charge in [0, 0.05) is 40.5 Å². The van der Waals surface area contributed by atoms with Gasteiger partial charge in [-0.05, 0) is 12.8 Å². The third-order valence-corrected chi connectivity index (χ3v) is 5.47. The number of hydrogen-bond acceptors (Lipinski definition) is 10. The lowest BCUT2D eigenvalue weighted by Crippen LogP contribution is -2.66. The maximum Gasteiger partial charge on any atom is 0.303 e. The molecule has 3 rings (SSSR count). The van der Waals surface area contributed by atoms with Crippen LogP contribution in [-0.2, 0) is 47.6 Å². The molecule has 6 unspecified atom stereocenters. The lowest BCUT2D eigenvalue weighted by atomic mass is 9.84. The molecule has 1 heterocycles. The topological polar surface area (TPSA) is 124 Å². The van der Waals surface area contributed by atoms with Crippen LogP contribution in [0.15, 0.2) is 0 Å². The molecule has 2 saturated carbocycles. The van der Waals surface area contributed by atoms with Gasteiger partial charge in [-0.1, -0.05) is 6.42 Å². The normalized spacial score (nSPS) is 34.5. The molecule has 168 valence electrons. The Morgan fingerprint density at radius 3 is 1.27 bits per heavy atom. The summed E-state index contributed by atoms with van der Waals surface area (Å²) in [4.78, 5) is 47.3. The van der Waals surface area contributed by atoms with Crippen molar-refractivity contribution in [2.24, 2.45) is 0 Å². The zero-order chi connectivity index (χ0) is 22.1. The van der Waals surface area contributed by atoms with Crippen LogP contribution < -0.4 is 0 Å². The summed E-state index contributed by atoms with van der Waals surface area (Å²) in [6.07, 6.45) is -2.36. The van der Waals surface area contributed by atoms with E-state index in [2.05, 4.69) is 0 Å². The summed E-state index contributed by atoms with van der Waals surface area (Å²) < 4.78 is 34.2. The van der Waals surface area contributed by atoms with Crippen molar-refractivity contribution in [2.75, 3.05) is 0 Å². The number of rotatable bonds is 4. The predicted molar refractivity (Wildman–Crippen MR) is 97.8 cm³/mol. The Hall–Kier alpha value is -2.20. The van der Waals surface area contributed by atoms with Crippen LogP contribution >= 0.6 is 0 Å². The molecule has 0 aromatic heterocycles. The predicted octanol–water partition coefficient (Wildman–Crippen LogP) is 1.17. The van der Waals surface area contributed by atoms with E-state index >= 15 is 0 Å². The van der Waals surface area contributed by atoms with Crippen LogP contribution in [0, 0.1) is 0 Å². The molecule has 1 aliphatic heterocycles. The van der Waals surface area contributed by atoms with Crippen LogP contribution in [-0.4, -0.2) is 66.3 Å². The smallest absolute Gasteiger partial charge is 0.303 e. The fraction of sp³-hybridized carbons (Fsp3) is 0.800. The Labute approximate surface area is 174 Å². The number of carbonyl (C=O) groups excluding carboxylic acids is 4. The van der Waals surface area contributed by atoms with Crippen LogP contribution in [0.4, 0.5) is 0 Å². The van der Waals surface area contributed by atoms with E-state index in [1.165, 1.54) is 27.7 Å². The fourth-order valence-corrected chi connectivity index (χ4v) is 4.54. The van der Waals surface area contributed by atoms with E-state index < -0.39 is 66.3 Å². The Balaban J connectivity index is 2.04. The third-order valence-electron chi connectivity index (χ3n) is 5.47. The number of ether oxygens (including phenoxy) is 6. The Kier molecular flexibility index (Phi) is 6.66. The highest BCUT2D eigenvalue weighted by Gasteiger charge is 2.65. The summed E-state index contributed by atoms with van der Waals surface area (Å²) in [6.45, 7) is 4.78. The summed E-state index contributed by atoms with van der Waals surface area (Å²) >= 11 is 0. The second-order valence-corrected chi connectivity index (χ2v) is 7.93.